The lowest BCUT2D eigenvalue weighted by molar-refractivity contribution is 0.303. The molecule has 0 unspecified atom stereocenters. The van der Waals surface area contributed by atoms with Gasteiger partial charge >= 0.3 is 0 Å². The molecule has 1 N–H and O–H groups in total. The van der Waals surface area contributed by atoms with E-state index in [1.807, 2.05) is 0 Å². The topological polar surface area (TPSA) is 15.3 Å². The molecule has 102 valence electrons. The molecule has 1 aromatic rings. The molecule has 1 rings (SSSR count). The van der Waals surface area contributed by atoms with Crippen LogP contribution < -0.4 is 5.32 Å². The van der Waals surface area contributed by atoms with Crippen LogP contribution in [0, 0.1) is 13.8 Å². The maximum absolute atomic E-state index is 3.52. The molecule has 0 heterocycles. The Morgan fingerprint density at radius 3 is 2.39 bits per heavy atom. The molecule has 0 aliphatic carbocycles. The summed E-state index contributed by atoms with van der Waals surface area (Å²) in [5.41, 5.74) is 4.37. The zero-order chi connectivity index (χ0) is 13.8. The van der Waals surface area contributed by atoms with Gasteiger partial charge in [0.2, 0.25) is 0 Å². The summed E-state index contributed by atoms with van der Waals surface area (Å²) in [6.45, 7) is 14.1. The van der Waals surface area contributed by atoms with Gasteiger partial charge in [0, 0.05) is 25.2 Å². The molecule has 18 heavy (non-hydrogen) atoms. The minimum atomic E-state index is 0.209. The highest BCUT2D eigenvalue weighted by atomic mass is 15.1. The Bertz CT molecular complexity index is 377. The van der Waals surface area contributed by atoms with E-state index < -0.39 is 0 Å². The van der Waals surface area contributed by atoms with E-state index in [4.69, 9.17) is 0 Å². The Kier molecular flexibility index (Phi) is 5.36. The lowest BCUT2D eigenvalue weighted by atomic mass is 10.1. The average Bonchev–Trinajstić information content (AvgIpc) is 2.20. The Morgan fingerprint density at radius 2 is 1.83 bits per heavy atom. The lowest BCUT2D eigenvalue weighted by Crippen LogP contribution is -2.40. The number of hydrogen-bond donors (Lipinski definition) is 1. The normalized spacial score (nSPS) is 12.2. The molecule has 0 saturated carbocycles. The molecule has 0 fully saturated rings. The van der Waals surface area contributed by atoms with Crippen LogP contribution >= 0.6 is 0 Å². The standard InChI is InChI=1S/C16H28N2/c1-13-7-8-15(14(2)11-13)12-18(6)10-9-17-16(3,4)5/h7-8,11,17H,9-10,12H2,1-6H3. The fourth-order valence-corrected chi connectivity index (χ4v) is 2.01. The molecular formula is C16H28N2. The van der Waals surface area contributed by atoms with Crippen LogP contribution in [-0.2, 0) is 6.54 Å². The van der Waals surface area contributed by atoms with E-state index in [0.717, 1.165) is 19.6 Å². The largest absolute Gasteiger partial charge is 0.311 e. The minimum Gasteiger partial charge on any atom is -0.311 e. The first-order chi connectivity index (χ1) is 8.28. The SMILES string of the molecule is Cc1ccc(CN(C)CCNC(C)(C)C)c(C)c1. The molecule has 2 heteroatoms. The molecule has 0 amide bonds. The Hall–Kier alpha value is -0.860. The predicted molar refractivity (Wildman–Crippen MR) is 80.0 cm³/mol. The second-order valence-corrected chi connectivity index (χ2v) is 6.34. The van der Waals surface area contributed by atoms with Gasteiger partial charge in [-0.15, -0.1) is 0 Å². The van der Waals surface area contributed by atoms with E-state index in [1.54, 1.807) is 0 Å². The maximum atomic E-state index is 3.52. The van der Waals surface area contributed by atoms with Crippen molar-refractivity contribution >= 4 is 0 Å². The van der Waals surface area contributed by atoms with Crippen LogP contribution in [0.2, 0.25) is 0 Å². The van der Waals surface area contributed by atoms with Crippen LogP contribution in [0.25, 0.3) is 0 Å². The molecule has 0 aromatic heterocycles. The molecular weight excluding hydrogens is 220 g/mol. The third-order valence-electron chi connectivity index (χ3n) is 3.09. The highest BCUT2D eigenvalue weighted by Gasteiger charge is 2.09. The van der Waals surface area contributed by atoms with Gasteiger partial charge in [-0.2, -0.15) is 0 Å². The summed E-state index contributed by atoms with van der Waals surface area (Å²) in [6, 6.07) is 6.71. The quantitative estimate of drug-likeness (QED) is 0.861. The summed E-state index contributed by atoms with van der Waals surface area (Å²) in [7, 11) is 2.18. The first kappa shape index (κ1) is 15.2. The summed E-state index contributed by atoms with van der Waals surface area (Å²) in [5.74, 6) is 0. The number of likely N-dealkylation sites (N-methyl/N-ethyl adjacent to an activating group) is 1. The predicted octanol–water partition coefficient (Wildman–Crippen LogP) is 3.12. The molecule has 0 radical (unpaired) electrons. The molecule has 0 spiro atoms. The van der Waals surface area contributed by atoms with E-state index >= 15 is 0 Å². The summed E-state index contributed by atoms with van der Waals surface area (Å²) < 4.78 is 0. The molecule has 0 saturated heterocycles. The van der Waals surface area contributed by atoms with Gasteiger partial charge in [-0.25, -0.2) is 0 Å². The Balaban J connectivity index is 2.42. The first-order valence-corrected chi connectivity index (χ1v) is 6.77. The fourth-order valence-electron chi connectivity index (χ4n) is 2.01. The van der Waals surface area contributed by atoms with Crippen molar-refractivity contribution in [3.8, 4) is 0 Å². The second kappa shape index (κ2) is 6.35. The van der Waals surface area contributed by atoms with Gasteiger partial charge in [-0.1, -0.05) is 23.8 Å². The van der Waals surface area contributed by atoms with Crippen molar-refractivity contribution in [3.05, 3.63) is 34.9 Å². The summed E-state index contributed by atoms with van der Waals surface area (Å²) in [5, 5.41) is 3.52. The van der Waals surface area contributed by atoms with Gasteiger partial charge in [0.05, 0.1) is 0 Å². The monoisotopic (exact) mass is 248 g/mol. The van der Waals surface area contributed by atoms with Gasteiger partial charge in [0.1, 0.15) is 0 Å². The van der Waals surface area contributed by atoms with Gasteiger partial charge in [0.15, 0.2) is 0 Å². The van der Waals surface area contributed by atoms with Crippen LogP contribution in [-0.4, -0.2) is 30.6 Å². The fraction of sp³-hybridized carbons (Fsp3) is 0.625. The van der Waals surface area contributed by atoms with Crippen LogP contribution in [0.1, 0.15) is 37.5 Å². The third kappa shape index (κ3) is 5.65. The maximum Gasteiger partial charge on any atom is 0.0233 e. The summed E-state index contributed by atoms with van der Waals surface area (Å²) in [4.78, 5) is 2.37. The Labute approximate surface area is 112 Å². The number of nitrogens with zero attached hydrogens (tertiary/aromatic N) is 1. The van der Waals surface area contributed by atoms with E-state index in [1.165, 1.54) is 16.7 Å². The summed E-state index contributed by atoms with van der Waals surface area (Å²) >= 11 is 0. The first-order valence-electron chi connectivity index (χ1n) is 6.77. The number of nitrogens with one attached hydrogen (secondary N) is 1. The van der Waals surface area contributed by atoms with Crippen LogP contribution in [0.3, 0.4) is 0 Å². The number of benzene rings is 1. The van der Waals surface area contributed by atoms with Crippen molar-refractivity contribution in [2.24, 2.45) is 0 Å². The van der Waals surface area contributed by atoms with Gasteiger partial charge in [0.25, 0.3) is 0 Å². The molecule has 0 aliphatic rings. The third-order valence-corrected chi connectivity index (χ3v) is 3.09. The zero-order valence-corrected chi connectivity index (χ0v) is 12.8. The van der Waals surface area contributed by atoms with Crippen LogP contribution in [0.4, 0.5) is 0 Å². The van der Waals surface area contributed by atoms with E-state index in [0.29, 0.717) is 0 Å². The molecule has 0 atom stereocenters. The van der Waals surface area contributed by atoms with Crippen molar-refractivity contribution < 1.29 is 0 Å². The van der Waals surface area contributed by atoms with Gasteiger partial charge in [-0.3, -0.25) is 0 Å². The number of hydrogen-bond acceptors (Lipinski definition) is 2. The molecule has 1 aromatic carbocycles. The van der Waals surface area contributed by atoms with Crippen molar-refractivity contribution in [2.75, 3.05) is 20.1 Å². The summed E-state index contributed by atoms with van der Waals surface area (Å²) in [6.07, 6.45) is 0. The molecule has 0 aliphatic heterocycles. The Morgan fingerprint density at radius 1 is 1.17 bits per heavy atom. The van der Waals surface area contributed by atoms with Gasteiger partial charge in [-0.05, 0) is 52.8 Å². The minimum absolute atomic E-state index is 0.209. The number of aryl methyl sites for hydroxylation is 2. The average molecular weight is 248 g/mol. The van der Waals surface area contributed by atoms with E-state index in [9.17, 15) is 0 Å². The highest BCUT2D eigenvalue weighted by molar-refractivity contribution is 5.30. The van der Waals surface area contributed by atoms with E-state index in [2.05, 4.69) is 70.1 Å². The number of rotatable bonds is 5. The zero-order valence-electron chi connectivity index (χ0n) is 12.8. The van der Waals surface area contributed by atoms with Crippen molar-refractivity contribution in [3.63, 3.8) is 0 Å². The van der Waals surface area contributed by atoms with E-state index in [-0.39, 0.29) is 5.54 Å². The van der Waals surface area contributed by atoms with Crippen molar-refractivity contribution in [1.82, 2.24) is 10.2 Å². The molecule has 2 nitrogen and oxygen atoms in total. The van der Waals surface area contributed by atoms with Crippen LogP contribution in [0.15, 0.2) is 18.2 Å². The van der Waals surface area contributed by atoms with Crippen molar-refractivity contribution in [1.29, 1.82) is 0 Å². The van der Waals surface area contributed by atoms with Crippen molar-refractivity contribution in [2.45, 2.75) is 46.7 Å². The second-order valence-electron chi connectivity index (χ2n) is 6.34. The lowest BCUT2D eigenvalue weighted by Gasteiger charge is -2.24. The highest BCUT2D eigenvalue weighted by Crippen LogP contribution is 2.12. The van der Waals surface area contributed by atoms with Gasteiger partial charge < -0.3 is 10.2 Å². The van der Waals surface area contributed by atoms with Crippen LogP contribution in [0.5, 0.6) is 0 Å². The molecule has 0 bridgehead atoms. The smallest absolute Gasteiger partial charge is 0.0233 e.